The van der Waals surface area contributed by atoms with Crippen LogP contribution in [0, 0.1) is 0 Å². The number of hydrogen-bond acceptors (Lipinski definition) is 4. The second kappa shape index (κ2) is 8.48. The van der Waals surface area contributed by atoms with E-state index in [0.29, 0.717) is 10.8 Å². The lowest BCUT2D eigenvalue weighted by Gasteiger charge is -2.15. The summed E-state index contributed by atoms with van der Waals surface area (Å²) in [5.74, 6) is -0.467. The van der Waals surface area contributed by atoms with Gasteiger partial charge in [-0.1, -0.05) is 23.7 Å². The van der Waals surface area contributed by atoms with E-state index >= 15 is 0 Å². The minimum atomic E-state index is -0.933. The second-order valence-corrected chi connectivity index (χ2v) is 6.14. The number of nitrogens with zero attached hydrogens (tertiary/aromatic N) is 2. The highest BCUT2D eigenvalue weighted by Gasteiger charge is 2.18. The fourth-order valence-corrected chi connectivity index (χ4v) is 2.18. The van der Waals surface area contributed by atoms with Crippen molar-refractivity contribution in [2.75, 3.05) is 5.32 Å². The zero-order chi connectivity index (χ0) is 18.4. The van der Waals surface area contributed by atoms with Crippen LogP contribution in [0.15, 0.2) is 42.6 Å². The minimum Gasteiger partial charge on any atom is -0.449 e. The van der Waals surface area contributed by atoms with Crippen LogP contribution in [0.2, 0.25) is 5.02 Å². The van der Waals surface area contributed by atoms with Crippen molar-refractivity contribution in [3.63, 3.8) is 0 Å². The number of halogens is 1. The first-order valence-corrected chi connectivity index (χ1v) is 8.23. The summed E-state index contributed by atoms with van der Waals surface area (Å²) in [6.07, 6.45) is 3.53. The minimum absolute atomic E-state index is 0.102. The van der Waals surface area contributed by atoms with E-state index in [2.05, 4.69) is 10.4 Å². The van der Waals surface area contributed by atoms with Crippen LogP contribution in [0.1, 0.15) is 32.4 Å². The molecule has 25 heavy (non-hydrogen) atoms. The van der Waals surface area contributed by atoms with Gasteiger partial charge in [0.2, 0.25) is 0 Å². The Morgan fingerprint density at radius 1 is 1.20 bits per heavy atom. The third kappa shape index (κ3) is 5.46. The molecule has 0 aliphatic rings. The Bertz CT molecular complexity index is 766. The normalized spacial score (nSPS) is 12.4. The van der Waals surface area contributed by atoms with Gasteiger partial charge in [0.15, 0.2) is 6.10 Å². The van der Waals surface area contributed by atoms with Crippen LogP contribution in [0.4, 0.5) is 5.82 Å². The lowest BCUT2D eigenvalue weighted by molar-refractivity contribution is -0.148. The van der Waals surface area contributed by atoms with Crippen LogP contribution >= 0.6 is 11.6 Å². The van der Waals surface area contributed by atoms with Crippen molar-refractivity contribution in [1.82, 2.24) is 9.78 Å². The molecule has 1 atom stereocenters. The SMILES string of the molecule is CC(C)n1nccc1NC(=O)[C@@H](C)OC(=O)/C=C/c1ccc(Cl)cc1. The summed E-state index contributed by atoms with van der Waals surface area (Å²) in [5.41, 5.74) is 0.805. The van der Waals surface area contributed by atoms with Crippen LogP contribution in [0.25, 0.3) is 6.08 Å². The van der Waals surface area contributed by atoms with Gasteiger partial charge in [-0.25, -0.2) is 9.48 Å². The molecule has 7 heteroatoms. The number of esters is 1. The van der Waals surface area contributed by atoms with Gasteiger partial charge < -0.3 is 10.1 Å². The molecule has 0 unspecified atom stereocenters. The molecule has 1 aromatic carbocycles. The lowest BCUT2D eigenvalue weighted by atomic mass is 10.2. The molecule has 0 saturated heterocycles. The van der Waals surface area contributed by atoms with Crippen molar-refractivity contribution in [1.29, 1.82) is 0 Å². The van der Waals surface area contributed by atoms with E-state index in [0.717, 1.165) is 5.56 Å². The van der Waals surface area contributed by atoms with E-state index in [1.54, 1.807) is 47.3 Å². The van der Waals surface area contributed by atoms with Gasteiger partial charge in [-0.15, -0.1) is 0 Å². The molecule has 132 valence electrons. The van der Waals surface area contributed by atoms with E-state index in [-0.39, 0.29) is 6.04 Å². The molecule has 2 rings (SSSR count). The molecule has 0 aliphatic heterocycles. The number of carbonyl (C=O) groups excluding carboxylic acids is 2. The van der Waals surface area contributed by atoms with Crippen molar-refractivity contribution >= 4 is 35.4 Å². The maximum Gasteiger partial charge on any atom is 0.331 e. The molecule has 1 heterocycles. The number of aromatic nitrogens is 2. The topological polar surface area (TPSA) is 73.2 Å². The zero-order valence-electron chi connectivity index (χ0n) is 14.3. The number of ether oxygens (including phenoxy) is 1. The van der Waals surface area contributed by atoms with E-state index in [1.807, 2.05) is 13.8 Å². The van der Waals surface area contributed by atoms with E-state index in [4.69, 9.17) is 16.3 Å². The molecule has 0 radical (unpaired) electrons. The second-order valence-electron chi connectivity index (χ2n) is 5.71. The highest BCUT2D eigenvalue weighted by Crippen LogP contribution is 2.14. The molecule has 6 nitrogen and oxygen atoms in total. The highest BCUT2D eigenvalue weighted by molar-refractivity contribution is 6.30. The number of anilines is 1. The quantitative estimate of drug-likeness (QED) is 0.629. The summed E-state index contributed by atoms with van der Waals surface area (Å²) in [4.78, 5) is 24.0. The summed E-state index contributed by atoms with van der Waals surface area (Å²) in [7, 11) is 0. The third-order valence-corrected chi connectivity index (χ3v) is 3.61. The third-order valence-electron chi connectivity index (χ3n) is 3.35. The number of nitrogens with one attached hydrogen (secondary N) is 1. The molecular weight excluding hydrogens is 342 g/mol. The Balaban J connectivity index is 1.90. The standard InChI is InChI=1S/C18H20ClN3O3/c1-12(2)22-16(10-11-20-22)21-18(24)13(3)25-17(23)9-6-14-4-7-15(19)8-5-14/h4-13H,1-3H3,(H,21,24)/b9-6+/t13-/m1/s1. The van der Waals surface area contributed by atoms with Crippen molar-refractivity contribution < 1.29 is 14.3 Å². The highest BCUT2D eigenvalue weighted by atomic mass is 35.5. The van der Waals surface area contributed by atoms with Crippen molar-refractivity contribution in [2.24, 2.45) is 0 Å². The molecule has 0 spiro atoms. The average Bonchev–Trinajstić information content (AvgIpc) is 3.02. The molecule has 0 fully saturated rings. The van der Waals surface area contributed by atoms with Crippen molar-refractivity contribution in [2.45, 2.75) is 32.9 Å². The number of benzene rings is 1. The fourth-order valence-electron chi connectivity index (χ4n) is 2.06. The summed E-state index contributed by atoms with van der Waals surface area (Å²) >= 11 is 5.80. The van der Waals surface area contributed by atoms with Crippen molar-refractivity contribution in [3.8, 4) is 0 Å². The number of hydrogen-bond donors (Lipinski definition) is 1. The summed E-state index contributed by atoms with van der Waals surface area (Å²) in [5, 5.41) is 7.45. The van der Waals surface area contributed by atoms with Gasteiger partial charge in [0.05, 0.1) is 6.20 Å². The van der Waals surface area contributed by atoms with Gasteiger partial charge in [0.1, 0.15) is 5.82 Å². The number of amides is 1. The molecule has 0 aliphatic carbocycles. The van der Waals surface area contributed by atoms with Gasteiger partial charge in [-0.3, -0.25) is 4.79 Å². The smallest absolute Gasteiger partial charge is 0.331 e. The Hall–Kier alpha value is -2.60. The molecular formula is C18H20ClN3O3. The summed E-state index contributed by atoms with van der Waals surface area (Å²) < 4.78 is 6.79. The number of rotatable bonds is 6. The van der Waals surface area contributed by atoms with Crippen LogP contribution < -0.4 is 5.32 Å². The first-order valence-electron chi connectivity index (χ1n) is 7.85. The molecule has 0 saturated carbocycles. The fraction of sp³-hybridized carbons (Fsp3) is 0.278. The predicted octanol–water partition coefficient (Wildman–Crippen LogP) is 3.70. The number of carbonyl (C=O) groups is 2. The maximum atomic E-state index is 12.2. The summed E-state index contributed by atoms with van der Waals surface area (Å²) in [6.45, 7) is 5.42. The van der Waals surface area contributed by atoms with E-state index in [9.17, 15) is 9.59 Å². The monoisotopic (exact) mass is 361 g/mol. The molecule has 1 amide bonds. The zero-order valence-corrected chi connectivity index (χ0v) is 15.0. The van der Waals surface area contributed by atoms with Crippen molar-refractivity contribution in [3.05, 3.63) is 53.2 Å². The van der Waals surface area contributed by atoms with Crippen LogP contribution in [0.3, 0.4) is 0 Å². The molecule has 1 aromatic heterocycles. The van der Waals surface area contributed by atoms with Gasteiger partial charge >= 0.3 is 5.97 Å². The molecule has 0 bridgehead atoms. The Labute approximate surface area is 151 Å². The van der Waals surface area contributed by atoms with Crippen LogP contribution in [-0.2, 0) is 14.3 Å². The lowest BCUT2D eigenvalue weighted by Crippen LogP contribution is -2.30. The van der Waals surface area contributed by atoms with E-state index in [1.165, 1.54) is 13.0 Å². The van der Waals surface area contributed by atoms with Gasteiger partial charge in [0, 0.05) is 23.2 Å². The van der Waals surface area contributed by atoms with Crippen LogP contribution in [-0.4, -0.2) is 27.8 Å². The Morgan fingerprint density at radius 3 is 2.52 bits per heavy atom. The largest absolute Gasteiger partial charge is 0.449 e. The van der Waals surface area contributed by atoms with Crippen LogP contribution in [0.5, 0.6) is 0 Å². The predicted molar refractivity (Wildman–Crippen MR) is 97.3 cm³/mol. The average molecular weight is 362 g/mol. The molecule has 2 aromatic rings. The Kier molecular flexibility index (Phi) is 6.36. The maximum absolute atomic E-state index is 12.2. The van der Waals surface area contributed by atoms with E-state index < -0.39 is 18.0 Å². The first kappa shape index (κ1) is 18.7. The Morgan fingerprint density at radius 2 is 1.88 bits per heavy atom. The summed E-state index contributed by atoms with van der Waals surface area (Å²) in [6, 6.07) is 8.78. The first-order chi connectivity index (χ1) is 11.9. The van der Waals surface area contributed by atoms with Gasteiger partial charge in [-0.05, 0) is 44.5 Å². The molecule has 1 N–H and O–H groups in total. The van der Waals surface area contributed by atoms with Gasteiger partial charge in [-0.2, -0.15) is 5.10 Å². The van der Waals surface area contributed by atoms with Gasteiger partial charge in [0.25, 0.3) is 5.91 Å².